The number of hydrogen-bond donors (Lipinski definition) is 3. The fraction of sp³-hybridized carbons (Fsp3) is 0.632. The van der Waals surface area contributed by atoms with Crippen molar-refractivity contribution >= 4 is 5.96 Å². The molecule has 0 unspecified atom stereocenters. The number of nitrogens with one attached hydrogen (secondary N) is 2. The van der Waals surface area contributed by atoms with Crippen molar-refractivity contribution in [3.05, 3.63) is 29.8 Å². The summed E-state index contributed by atoms with van der Waals surface area (Å²) in [6.45, 7) is 7.59. The minimum atomic E-state index is -0.130. The molecular weight excluding hydrogens is 302 g/mol. The van der Waals surface area contributed by atoms with Gasteiger partial charge in [-0.3, -0.25) is 0 Å². The SMILES string of the molecule is CCNC(=NCc1ccc(OC(C)C)cc1)NC1CCC(O)CC1. The quantitative estimate of drug-likeness (QED) is 0.553. The summed E-state index contributed by atoms with van der Waals surface area (Å²) in [5, 5.41) is 16.4. The van der Waals surface area contributed by atoms with E-state index in [4.69, 9.17) is 4.74 Å². The molecule has 1 aromatic rings. The van der Waals surface area contributed by atoms with E-state index in [1.165, 1.54) is 0 Å². The third kappa shape index (κ3) is 6.40. The molecule has 134 valence electrons. The zero-order valence-electron chi connectivity index (χ0n) is 15.1. The number of rotatable bonds is 6. The molecule has 0 radical (unpaired) electrons. The monoisotopic (exact) mass is 333 g/mol. The Labute approximate surface area is 145 Å². The van der Waals surface area contributed by atoms with E-state index in [2.05, 4.69) is 34.7 Å². The van der Waals surface area contributed by atoms with Crippen LogP contribution in [-0.2, 0) is 6.54 Å². The topological polar surface area (TPSA) is 65.9 Å². The van der Waals surface area contributed by atoms with Crippen LogP contribution in [0, 0.1) is 0 Å². The second-order valence-corrected chi connectivity index (χ2v) is 6.66. The summed E-state index contributed by atoms with van der Waals surface area (Å²) in [7, 11) is 0. The first-order valence-corrected chi connectivity index (χ1v) is 9.05. The van der Waals surface area contributed by atoms with Crippen LogP contribution in [0.15, 0.2) is 29.3 Å². The number of aliphatic hydroxyl groups is 1. The van der Waals surface area contributed by atoms with Gasteiger partial charge in [0.25, 0.3) is 0 Å². The lowest BCUT2D eigenvalue weighted by atomic mass is 9.93. The molecule has 1 saturated carbocycles. The molecule has 2 rings (SSSR count). The van der Waals surface area contributed by atoms with Gasteiger partial charge in [0.1, 0.15) is 5.75 Å². The molecule has 5 nitrogen and oxygen atoms in total. The molecular formula is C19H31N3O2. The number of guanidine groups is 1. The zero-order chi connectivity index (χ0) is 17.4. The van der Waals surface area contributed by atoms with E-state index >= 15 is 0 Å². The summed E-state index contributed by atoms with van der Waals surface area (Å²) in [6.07, 6.45) is 3.78. The second kappa shape index (κ2) is 9.52. The van der Waals surface area contributed by atoms with Crippen LogP contribution in [0.4, 0.5) is 0 Å². The summed E-state index contributed by atoms with van der Waals surface area (Å²) < 4.78 is 5.66. The maximum absolute atomic E-state index is 9.61. The van der Waals surface area contributed by atoms with Crippen molar-refractivity contribution in [2.75, 3.05) is 6.54 Å². The van der Waals surface area contributed by atoms with Gasteiger partial charge in [0.2, 0.25) is 0 Å². The van der Waals surface area contributed by atoms with Crippen LogP contribution in [0.1, 0.15) is 52.0 Å². The molecule has 1 aromatic carbocycles. The van der Waals surface area contributed by atoms with Gasteiger partial charge in [-0.1, -0.05) is 12.1 Å². The normalized spacial score (nSPS) is 21.6. The molecule has 3 N–H and O–H groups in total. The van der Waals surface area contributed by atoms with Crippen LogP contribution in [0.5, 0.6) is 5.75 Å². The molecule has 0 spiro atoms. The lowest BCUT2D eigenvalue weighted by molar-refractivity contribution is 0.120. The first-order valence-electron chi connectivity index (χ1n) is 9.05. The van der Waals surface area contributed by atoms with Crippen LogP contribution >= 0.6 is 0 Å². The molecule has 0 heterocycles. The predicted octanol–water partition coefficient (Wildman–Crippen LogP) is 2.83. The van der Waals surface area contributed by atoms with E-state index in [9.17, 15) is 5.11 Å². The van der Waals surface area contributed by atoms with Gasteiger partial charge in [-0.15, -0.1) is 0 Å². The maximum Gasteiger partial charge on any atom is 0.191 e. The molecule has 24 heavy (non-hydrogen) atoms. The highest BCUT2D eigenvalue weighted by molar-refractivity contribution is 5.80. The number of aliphatic imine (C=N–C) groups is 1. The number of nitrogens with zero attached hydrogens (tertiary/aromatic N) is 1. The average Bonchev–Trinajstić information content (AvgIpc) is 2.56. The smallest absolute Gasteiger partial charge is 0.191 e. The lowest BCUT2D eigenvalue weighted by Crippen LogP contribution is -2.45. The Bertz CT molecular complexity index is 506. The summed E-state index contributed by atoms with van der Waals surface area (Å²) in [4.78, 5) is 4.68. The number of hydrogen-bond acceptors (Lipinski definition) is 3. The van der Waals surface area contributed by atoms with E-state index in [0.717, 1.165) is 49.5 Å². The Hall–Kier alpha value is -1.75. The van der Waals surface area contributed by atoms with Gasteiger partial charge in [-0.2, -0.15) is 0 Å². The lowest BCUT2D eigenvalue weighted by Gasteiger charge is -2.27. The molecule has 5 heteroatoms. The van der Waals surface area contributed by atoms with Gasteiger partial charge in [0.15, 0.2) is 5.96 Å². The fourth-order valence-corrected chi connectivity index (χ4v) is 2.85. The highest BCUT2D eigenvalue weighted by atomic mass is 16.5. The Balaban J connectivity index is 1.90. The minimum Gasteiger partial charge on any atom is -0.491 e. The van der Waals surface area contributed by atoms with E-state index in [-0.39, 0.29) is 12.2 Å². The van der Waals surface area contributed by atoms with Crippen molar-refractivity contribution in [2.45, 2.75) is 71.2 Å². The number of ether oxygens (including phenoxy) is 1. The standard InChI is InChI=1S/C19H31N3O2/c1-4-20-19(22-16-7-9-17(23)10-8-16)21-13-15-5-11-18(12-6-15)24-14(2)3/h5-6,11-12,14,16-17,23H,4,7-10,13H2,1-3H3,(H2,20,21,22). The van der Waals surface area contributed by atoms with Crippen LogP contribution < -0.4 is 15.4 Å². The first kappa shape index (κ1) is 18.6. The van der Waals surface area contributed by atoms with Gasteiger partial charge in [0, 0.05) is 12.6 Å². The van der Waals surface area contributed by atoms with E-state index in [1.807, 2.05) is 26.0 Å². The molecule has 0 atom stereocenters. The molecule has 1 aliphatic rings. The third-order valence-corrected chi connectivity index (χ3v) is 4.10. The Morgan fingerprint density at radius 3 is 2.46 bits per heavy atom. The predicted molar refractivity (Wildman–Crippen MR) is 98.4 cm³/mol. The van der Waals surface area contributed by atoms with Crippen molar-refractivity contribution in [2.24, 2.45) is 4.99 Å². The molecule has 0 amide bonds. The van der Waals surface area contributed by atoms with Gasteiger partial charge in [-0.25, -0.2) is 4.99 Å². The van der Waals surface area contributed by atoms with Crippen molar-refractivity contribution in [3.8, 4) is 5.75 Å². The van der Waals surface area contributed by atoms with Crippen LogP contribution in [0.25, 0.3) is 0 Å². The molecule has 0 saturated heterocycles. The largest absolute Gasteiger partial charge is 0.491 e. The van der Waals surface area contributed by atoms with Crippen LogP contribution in [0.2, 0.25) is 0 Å². The molecule has 1 fully saturated rings. The molecule has 1 aliphatic carbocycles. The number of benzene rings is 1. The average molecular weight is 333 g/mol. The van der Waals surface area contributed by atoms with Crippen molar-refractivity contribution in [1.82, 2.24) is 10.6 Å². The zero-order valence-corrected chi connectivity index (χ0v) is 15.1. The number of aliphatic hydroxyl groups excluding tert-OH is 1. The first-order chi connectivity index (χ1) is 11.6. The van der Waals surface area contributed by atoms with Crippen molar-refractivity contribution in [3.63, 3.8) is 0 Å². The maximum atomic E-state index is 9.61. The molecule has 0 aromatic heterocycles. The van der Waals surface area contributed by atoms with Crippen LogP contribution in [0.3, 0.4) is 0 Å². The molecule has 0 bridgehead atoms. The third-order valence-electron chi connectivity index (χ3n) is 4.10. The highest BCUT2D eigenvalue weighted by Gasteiger charge is 2.19. The summed E-state index contributed by atoms with van der Waals surface area (Å²) in [5.74, 6) is 1.74. The van der Waals surface area contributed by atoms with Crippen molar-refractivity contribution < 1.29 is 9.84 Å². The van der Waals surface area contributed by atoms with Gasteiger partial charge in [0.05, 0.1) is 18.8 Å². The van der Waals surface area contributed by atoms with Gasteiger partial charge < -0.3 is 20.5 Å². The van der Waals surface area contributed by atoms with Gasteiger partial charge in [-0.05, 0) is 64.2 Å². The van der Waals surface area contributed by atoms with E-state index in [1.54, 1.807) is 0 Å². The minimum absolute atomic E-state index is 0.130. The van der Waals surface area contributed by atoms with E-state index < -0.39 is 0 Å². The van der Waals surface area contributed by atoms with Gasteiger partial charge >= 0.3 is 0 Å². The molecule has 0 aliphatic heterocycles. The summed E-state index contributed by atoms with van der Waals surface area (Å²) >= 11 is 0. The highest BCUT2D eigenvalue weighted by Crippen LogP contribution is 2.18. The fourth-order valence-electron chi connectivity index (χ4n) is 2.85. The summed E-state index contributed by atoms with van der Waals surface area (Å²) in [5.41, 5.74) is 1.15. The second-order valence-electron chi connectivity index (χ2n) is 6.66. The summed E-state index contributed by atoms with van der Waals surface area (Å²) in [6, 6.07) is 8.50. The van der Waals surface area contributed by atoms with Crippen LogP contribution in [-0.4, -0.2) is 35.9 Å². The Morgan fingerprint density at radius 2 is 1.88 bits per heavy atom. The Kier molecular flexibility index (Phi) is 7.37. The van der Waals surface area contributed by atoms with Crippen molar-refractivity contribution in [1.29, 1.82) is 0 Å². The Morgan fingerprint density at radius 1 is 1.21 bits per heavy atom. The van der Waals surface area contributed by atoms with E-state index in [0.29, 0.717) is 12.6 Å².